The highest BCUT2D eigenvalue weighted by Crippen LogP contribution is 2.41. The second-order valence-corrected chi connectivity index (χ2v) is 6.58. The van der Waals surface area contributed by atoms with E-state index < -0.39 is 0 Å². The van der Waals surface area contributed by atoms with Crippen LogP contribution in [0.15, 0.2) is 61.5 Å². The summed E-state index contributed by atoms with van der Waals surface area (Å²) in [5.41, 5.74) is 0.567. The topological polar surface area (TPSA) is 123 Å². The van der Waals surface area contributed by atoms with Crippen LogP contribution in [-0.2, 0) is 11.8 Å². The van der Waals surface area contributed by atoms with Crippen LogP contribution in [0.2, 0.25) is 0 Å². The van der Waals surface area contributed by atoms with Gasteiger partial charge in [-0.1, -0.05) is 11.8 Å². The molecule has 28 heavy (non-hydrogen) atoms. The molecule has 4 heterocycles. The van der Waals surface area contributed by atoms with Crippen LogP contribution >= 0.6 is 11.8 Å². The van der Waals surface area contributed by atoms with Crippen LogP contribution < -0.4 is 5.32 Å². The van der Waals surface area contributed by atoms with E-state index in [1.54, 1.807) is 42.2 Å². The molecule has 0 saturated heterocycles. The van der Waals surface area contributed by atoms with E-state index in [-0.39, 0.29) is 23.1 Å². The van der Waals surface area contributed by atoms with Crippen molar-refractivity contribution in [2.75, 3.05) is 11.1 Å². The van der Waals surface area contributed by atoms with E-state index in [4.69, 9.17) is 13.3 Å². The van der Waals surface area contributed by atoms with Crippen molar-refractivity contribution in [1.82, 2.24) is 14.8 Å². The molecule has 0 atom stereocenters. The lowest BCUT2D eigenvalue weighted by atomic mass is 10.1. The molecular formula is C18H13N5O4S. The molecule has 4 aromatic heterocycles. The molecule has 0 bridgehead atoms. The number of nitrogens with one attached hydrogen (secondary N) is 1. The Morgan fingerprint density at radius 3 is 2.64 bits per heavy atom. The smallest absolute Gasteiger partial charge is 0.237 e. The Labute approximate surface area is 162 Å². The van der Waals surface area contributed by atoms with Crippen LogP contribution in [0.1, 0.15) is 5.56 Å². The Morgan fingerprint density at radius 2 is 2.04 bits per heavy atom. The monoisotopic (exact) mass is 395 g/mol. The number of nitriles is 1. The van der Waals surface area contributed by atoms with Crippen LogP contribution in [0.25, 0.3) is 22.8 Å². The van der Waals surface area contributed by atoms with E-state index >= 15 is 0 Å². The predicted octanol–water partition coefficient (Wildman–Crippen LogP) is 3.53. The van der Waals surface area contributed by atoms with Gasteiger partial charge in [0.15, 0.2) is 16.7 Å². The molecule has 0 aromatic carbocycles. The fourth-order valence-electron chi connectivity index (χ4n) is 2.56. The molecular weight excluding hydrogens is 382 g/mol. The minimum Gasteiger partial charge on any atom is -0.464 e. The molecule has 0 unspecified atom stereocenters. The number of thioether (sulfide) groups is 1. The number of nitrogens with zero attached hydrogens (tertiary/aromatic N) is 4. The van der Waals surface area contributed by atoms with Gasteiger partial charge in [-0.2, -0.15) is 5.26 Å². The van der Waals surface area contributed by atoms with E-state index in [2.05, 4.69) is 21.6 Å². The Morgan fingerprint density at radius 1 is 1.29 bits per heavy atom. The molecule has 0 fully saturated rings. The van der Waals surface area contributed by atoms with Crippen molar-refractivity contribution in [1.29, 1.82) is 5.26 Å². The minimum atomic E-state index is -0.352. The molecule has 140 valence electrons. The quantitative estimate of drug-likeness (QED) is 0.492. The average molecular weight is 395 g/mol. The Bertz CT molecular complexity index is 1140. The summed E-state index contributed by atoms with van der Waals surface area (Å²) in [7, 11) is 1.78. The number of aromatic nitrogens is 3. The van der Waals surface area contributed by atoms with Gasteiger partial charge in [0.25, 0.3) is 0 Å². The highest BCUT2D eigenvalue weighted by Gasteiger charge is 2.27. The lowest BCUT2D eigenvalue weighted by molar-refractivity contribution is -0.113. The molecule has 4 rings (SSSR count). The zero-order valence-corrected chi connectivity index (χ0v) is 15.4. The van der Waals surface area contributed by atoms with Gasteiger partial charge in [0.2, 0.25) is 11.8 Å². The molecule has 0 saturated carbocycles. The molecule has 1 amide bonds. The maximum Gasteiger partial charge on any atom is 0.237 e. The third kappa shape index (κ3) is 3.30. The van der Waals surface area contributed by atoms with Crippen LogP contribution in [0.3, 0.4) is 0 Å². The summed E-state index contributed by atoms with van der Waals surface area (Å²) in [5, 5.41) is 20.6. The first-order valence-electron chi connectivity index (χ1n) is 8.08. The van der Waals surface area contributed by atoms with Gasteiger partial charge in [0.1, 0.15) is 23.7 Å². The first-order valence-corrected chi connectivity index (χ1v) is 9.07. The molecule has 0 spiro atoms. The number of anilines is 1. The SMILES string of the molecule is Cn1cnnc1SCC(=O)Nc1oc(-c2ccco2)c(-c2ccco2)c1C#N. The standard InChI is InChI=1S/C18H13N5O4S/c1-23-10-20-22-18(23)28-9-14(24)21-17-11(8-19)15(12-4-2-6-25-12)16(27-17)13-5-3-7-26-13/h2-7,10H,9H2,1H3,(H,21,24). The first kappa shape index (κ1) is 17.7. The lowest BCUT2D eigenvalue weighted by Crippen LogP contribution is -2.14. The third-order valence-corrected chi connectivity index (χ3v) is 4.82. The zero-order valence-electron chi connectivity index (χ0n) is 14.6. The number of hydrogen-bond acceptors (Lipinski definition) is 8. The highest BCUT2D eigenvalue weighted by molar-refractivity contribution is 7.99. The number of aryl methyl sites for hydroxylation is 1. The number of amides is 1. The number of furan rings is 3. The predicted molar refractivity (Wildman–Crippen MR) is 99.2 cm³/mol. The second-order valence-electron chi connectivity index (χ2n) is 5.64. The van der Waals surface area contributed by atoms with Crippen molar-refractivity contribution >= 4 is 23.6 Å². The van der Waals surface area contributed by atoms with Crippen LogP contribution in [-0.4, -0.2) is 26.4 Å². The summed E-state index contributed by atoms with van der Waals surface area (Å²) in [6.07, 6.45) is 4.53. The maximum atomic E-state index is 12.4. The normalized spacial score (nSPS) is 10.7. The summed E-state index contributed by atoms with van der Waals surface area (Å²) in [6.45, 7) is 0. The van der Waals surface area contributed by atoms with E-state index in [0.29, 0.717) is 28.0 Å². The van der Waals surface area contributed by atoms with Gasteiger partial charge in [0.05, 0.1) is 23.8 Å². The van der Waals surface area contributed by atoms with Gasteiger partial charge in [-0.3, -0.25) is 10.1 Å². The van der Waals surface area contributed by atoms with Crippen LogP contribution in [0.5, 0.6) is 0 Å². The molecule has 0 aliphatic heterocycles. The summed E-state index contributed by atoms with van der Waals surface area (Å²) in [5.74, 6) is 0.897. The molecule has 1 N–H and O–H groups in total. The van der Waals surface area contributed by atoms with Crippen molar-refractivity contribution < 1.29 is 18.0 Å². The number of rotatable bonds is 6. The summed E-state index contributed by atoms with van der Waals surface area (Å²) in [6, 6.07) is 8.87. The molecule has 10 heteroatoms. The van der Waals surface area contributed by atoms with Crippen LogP contribution in [0, 0.1) is 11.3 Å². The Balaban J connectivity index is 1.64. The van der Waals surface area contributed by atoms with Crippen molar-refractivity contribution in [2.45, 2.75) is 5.16 Å². The highest BCUT2D eigenvalue weighted by atomic mass is 32.2. The van der Waals surface area contributed by atoms with Gasteiger partial charge in [-0.25, -0.2) is 0 Å². The second kappa shape index (κ2) is 7.50. The van der Waals surface area contributed by atoms with Gasteiger partial charge < -0.3 is 17.8 Å². The molecule has 4 aromatic rings. The van der Waals surface area contributed by atoms with Crippen molar-refractivity contribution in [3.63, 3.8) is 0 Å². The van der Waals surface area contributed by atoms with Crippen molar-refractivity contribution in [3.8, 4) is 28.9 Å². The molecule has 9 nitrogen and oxygen atoms in total. The molecule has 0 aliphatic rings. The van der Waals surface area contributed by atoms with E-state index in [1.807, 2.05) is 0 Å². The Kier molecular flexibility index (Phi) is 4.74. The molecule has 0 aliphatic carbocycles. The van der Waals surface area contributed by atoms with Crippen molar-refractivity contribution in [2.24, 2.45) is 7.05 Å². The minimum absolute atomic E-state index is 0.0314. The zero-order chi connectivity index (χ0) is 19.5. The molecule has 0 radical (unpaired) electrons. The number of carbonyl (C=O) groups is 1. The third-order valence-electron chi connectivity index (χ3n) is 3.79. The Hall–Kier alpha value is -3.71. The summed E-state index contributed by atoms with van der Waals surface area (Å²) < 4.78 is 18.3. The van der Waals surface area contributed by atoms with Crippen LogP contribution in [0.4, 0.5) is 5.88 Å². The van der Waals surface area contributed by atoms with Crippen molar-refractivity contribution in [3.05, 3.63) is 48.7 Å². The lowest BCUT2D eigenvalue weighted by Gasteiger charge is -2.02. The van der Waals surface area contributed by atoms with E-state index in [1.165, 1.54) is 24.3 Å². The maximum absolute atomic E-state index is 12.4. The number of hydrogen-bond donors (Lipinski definition) is 1. The van der Waals surface area contributed by atoms with Gasteiger partial charge in [-0.15, -0.1) is 10.2 Å². The first-order chi connectivity index (χ1) is 13.7. The fraction of sp³-hybridized carbons (Fsp3) is 0.111. The summed E-state index contributed by atoms with van der Waals surface area (Å²) >= 11 is 1.22. The average Bonchev–Trinajstić information content (AvgIpc) is 3.46. The summed E-state index contributed by atoms with van der Waals surface area (Å²) in [4.78, 5) is 12.4. The van der Waals surface area contributed by atoms with Gasteiger partial charge >= 0.3 is 0 Å². The van der Waals surface area contributed by atoms with Gasteiger partial charge in [0, 0.05) is 7.05 Å². The number of carbonyl (C=O) groups excluding carboxylic acids is 1. The van der Waals surface area contributed by atoms with E-state index in [9.17, 15) is 10.1 Å². The largest absolute Gasteiger partial charge is 0.464 e. The fourth-order valence-corrected chi connectivity index (χ4v) is 3.25. The van der Waals surface area contributed by atoms with Gasteiger partial charge in [-0.05, 0) is 24.3 Å². The van der Waals surface area contributed by atoms with E-state index in [0.717, 1.165) is 0 Å².